The van der Waals surface area contributed by atoms with Crippen molar-refractivity contribution < 1.29 is 41.1 Å². The molecule has 0 aliphatic carbocycles. The molecule has 0 saturated carbocycles. The van der Waals surface area contributed by atoms with E-state index in [1.165, 1.54) is 29.2 Å². The maximum Gasteiger partial charge on any atom is 0.417 e. The van der Waals surface area contributed by atoms with Gasteiger partial charge < -0.3 is 20.2 Å². The molecule has 1 atom stereocenters. The predicted octanol–water partition coefficient (Wildman–Crippen LogP) is 3.09. The second-order valence-electron chi connectivity index (χ2n) is 10.9. The number of alkyl halides is 3. The molecule has 41 heavy (non-hydrogen) atoms. The average molecular weight is 596 g/mol. The molecule has 11 nitrogen and oxygen atoms in total. The van der Waals surface area contributed by atoms with Crippen molar-refractivity contribution in [3.8, 4) is 0 Å². The maximum absolute atomic E-state index is 13.6. The lowest BCUT2D eigenvalue weighted by Gasteiger charge is -2.30. The molecule has 4 N–H and O–H groups in total. The first-order valence-corrected chi connectivity index (χ1v) is 13.9. The topological polar surface area (TPSA) is 163 Å². The second-order valence-corrected chi connectivity index (χ2v) is 12.5. The summed E-state index contributed by atoms with van der Waals surface area (Å²) in [5.41, 5.74) is -0.710. The summed E-state index contributed by atoms with van der Waals surface area (Å²) in [6.07, 6.45) is -5.37. The number of halogens is 3. The zero-order valence-electron chi connectivity index (χ0n) is 22.3. The third-order valence-corrected chi connectivity index (χ3v) is 7.84. The summed E-state index contributed by atoms with van der Waals surface area (Å²) < 4.78 is 63.8. The normalized spacial score (nSPS) is 17.6. The minimum Gasteiger partial charge on any atom is -0.465 e. The van der Waals surface area contributed by atoms with Crippen LogP contribution in [0.25, 0.3) is 0 Å². The first-order valence-electron chi connectivity index (χ1n) is 12.4. The summed E-state index contributed by atoms with van der Waals surface area (Å²) in [5.74, 6) is -1.06. The first kappa shape index (κ1) is 30.0. The van der Waals surface area contributed by atoms with E-state index in [0.29, 0.717) is 17.3 Å². The predicted molar refractivity (Wildman–Crippen MR) is 140 cm³/mol. The number of nitrogens with two attached hydrogens (primary N) is 1. The van der Waals surface area contributed by atoms with Crippen LogP contribution in [0.2, 0.25) is 0 Å². The Balaban J connectivity index is 1.72. The Morgan fingerprint density at radius 1 is 1.10 bits per heavy atom. The highest BCUT2D eigenvalue weighted by atomic mass is 32.2. The van der Waals surface area contributed by atoms with Crippen LogP contribution in [0.15, 0.2) is 52.6 Å². The molecule has 2 aliphatic rings. The third kappa shape index (κ3) is 6.35. The zero-order chi connectivity index (χ0) is 30.5. The molecule has 1 aromatic heterocycles. The second kappa shape index (κ2) is 10.4. The van der Waals surface area contributed by atoms with Crippen LogP contribution in [-0.4, -0.2) is 71.9 Å². The lowest BCUT2D eigenvalue weighted by Crippen LogP contribution is -2.43. The number of benzene rings is 1. The fourth-order valence-corrected chi connectivity index (χ4v) is 5.16. The molecule has 0 bridgehead atoms. The van der Waals surface area contributed by atoms with Gasteiger partial charge in [-0.3, -0.25) is 14.6 Å². The zero-order valence-corrected chi connectivity index (χ0v) is 23.1. The number of primary sulfonamides is 1. The molecule has 1 unspecified atom stereocenters. The summed E-state index contributed by atoms with van der Waals surface area (Å²) in [6, 6.07) is 4.92. The highest BCUT2D eigenvalue weighted by Gasteiger charge is 2.42. The molecular formula is C26H28F3N5O6S. The summed E-state index contributed by atoms with van der Waals surface area (Å²) >= 11 is 0. The Bertz CT molecular complexity index is 1550. The summed E-state index contributed by atoms with van der Waals surface area (Å²) in [7, 11) is -4.00. The molecule has 0 saturated heterocycles. The number of anilines is 1. The minimum atomic E-state index is -4.73. The van der Waals surface area contributed by atoms with E-state index in [4.69, 9.17) is 5.14 Å². The minimum absolute atomic E-state index is 0.0201. The number of carbonyl (C=O) groups is 3. The van der Waals surface area contributed by atoms with Gasteiger partial charge in [-0.15, -0.1) is 0 Å². The SMILES string of the molecule is CC(C)(C)C(=O)Nc1cc(C(F)(F)F)cnc1CC1C2=C(CN(C(=O)O)C2)CN1C(=O)c1ccc(S(N)(=O)=O)cc1. The Morgan fingerprint density at radius 3 is 2.27 bits per heavy atom. The van der Waals surface area contributed by atoms with Gasteiger partial charge >= 0.3 is 12.3 Å². The van der Waals surface area contributed by atoms with E-state index in [0.717, 1.165) is 11.0 Å². The van der Waals surface area contributed by atoms with Gasteiger partial charge in [0.15, 0.2) is 0 Å². The molecule has 220 valence electrons. The number of hydrogen-bond acceptors (Lipinski definition) is 6. The number of pyridine rings is 1. The van der Waals surface area contributed by atoms with Crippen LogP contribution in [0, 0.1) is 5.41 Å². The van der Waals surface area contributed by atoms with Gasteiger partial charge in [-0.25, -0.2) is 18.4 Å². The quantitative estimate of drug-likeness (QED) is 0.447. The number of sulfonamides is 1. The number of aromatic nitrogens is 1. The van der Waals surface area contributed by atoms with Crippen molar-refractivity contribution in [3.63, 3.8) is 0 Å². The van der Waals surface area contributed by atoms with Crippen molar-refractivity contribution in [1.29, 1.82) is 0 Å². The average Bonchev–Trinajstić information content (AvgIpc) is 3.42. The fraction of sp³-hybridized carbons (Fsp3) is 0.385. The molecule has 15 heteroatoms. The Morgan fingerprint density at radius 2 is 1.73 bits per heavy atom. The number of carboxylic acid groups (broad SMARTS) is 1. The Hall–Kier alpha value is -3.98. The molecule has 3 amide bonds. The van der Waals surface area contributed by atoms with E-state index in [9.17, 15) is 41.1 Å². The van der Waals surface area contributed by atoms with Gasteiger partial charge in [0.05, 0.1) is 27.9 Å². The van der Waals surface area contributed by atoms with E-state index in [1.54, 1.807) is 20.8 Å². The number of carbonyl (C=O) groups excluding carboxylic acids is 2. The van der Waals surface area contributed by atoms with Gasteiger partial charge in [-0.2, -0.15) is 13.2 Å². The van der Waals surface area contributed by atoms with E-state index in [1.807, 2.05) is 0 Å². The summed E-state index contributed by atoms with van der Waals surface area (Å²) in [4.78, 5) is 44.4. The molecule has 0 radical (unpaired) electrons. The smallest absolute Gasteiger partial charge is 0.417 e. The van der Waals surface area contributed by atoms with Crippen LogP contribution in [0.4, 0.5) is 23.7 Å². The van der Waals surface area contributed by atoms with Crippen molar-refractivity contribution in [1.82, 2.24) is 14.8 Å². The molecule has 2 aromatic rings. The van der Waals surface area contributed by atoms with Crippen molar-refractivity contribution in [2.75, 3.05) is 25.0 Å². The monoisotopic (exact) mass is 595 g/mol. The lowest BCUT2D eigenvalue weighted by molar-refractivity contribution is -0.137. The summed E-state index contributed by atoms with van der Waals surface area (Å²) in [6.45, 7) is 4.86. The van der Waals surface area contributed by atoms with E-state index >= 15 is 0 Å². The van der Waals surface area contributed by atoms with Gasteiger partial charge in [-0.1, -0.05) is 20.8 Å². The highest BCUT2D eigenvalue weighted by Crippen LogP contribution is 2.37. The number of amides is 3. The molecule has 1 aromatic carbocycles. The van der Waals surface area contributed by atoms with Crippen LogP contribution in [0.5, 0.6) is 0 Å². The summed E-state index contributed by atoms with van der Waals surface area (Å²) in [5, 5.41) is 17.2. The van der Waals surface area contributed by atoms with Crippen molar-refractivity contribution >= 4 is 33.6 Å². The van der Waals surface area contributed by atoms with Gasteiger partial charge in [0.2, 0.25) is 15.9 Å². The van der Waals surface area contributed by atoms with Gasteiger partial charge in [0.25, 0.3) is 5.91 Å². The van der Waals surface area contributed by atoms with Crippen LogP contribution < -0.4 is 10.5 Å². The maximum atomic E-state index is 13.6. The van der Waals surface area contributed by atoms with Crippen LogP contribution in [-0.2, 0) is 27.4 Å². The number of hydrogen-bond donors (Lipinski definition) is 3. The van der Waals surface area contributed by atoms with Crippen LogP contribution in [0.1, 0.15) is 42.4 Å². The number of nitrogens with zero attached hydrogens (tertiary/aromatic N) is 3. The van der Waals surface area contributed by atoms with Crippen molar-refractivity contribution in [2.45, 2.75) is 44.3 Å². The lowest BCUT2D eigenvalue weighted by atomic mass is 9.95. The molecule has 2 aliphatic heterocycles. The Kier molecular flexibility index (Phi) is 7.64. The molecule has 0 spiro atoms. The van der Waals surface area contributed by atoms with E-state index < -0.39 is 51.1 Å². The molecular weight excluding hydrogens is 567 g/mol. The Labute approximate surface area is 233 Å². The number of nitrogens with one attached hydrogen (secondary N) is 1. The number of rotatable bonds is 5. The van der Waals surface area contributed by atoms with Crippen molar-refractivity contribution in [2.24, 2.45) is 10.6 Å². The van der Waals surface area contributed by atoms with Crippen molar-refractivity contribution in [3.05, 3.63) is 64.5 Å². The van der Waals surface area contributed by atoms with Gasteiger partial charge in [-0.05, 0) is 41.5 Å². The molecule has 4 rings (SSSR count). The van der Waals surface area contributed by atoms with Gasteiger partial charge in [0, 0.05) is 43.2 Å². The van der Waals surface area contributed by atoms with Crippen LogP contribution in [0.3, 0.4) is 0 Å². The molecule has 3 heterocycles. The van der Waals surface area contributed by atoms with Crippen LogP contribution >= 0.6 is 0 Å². The first-order chi connectivity index (χ1) is 18.9. The largest absolute Gasteiger partial charge is 0.465 e. The van der Waals surface area contributed by atoms with E-state index in [-0.39, 0.29) is 47.9 Å². The standard InChI is InChI=1S/C26H28F3N5O6S/c1-25(2,3)23(36)32-20-8-16(26(27,28)29)10-31-19(20)9-21-18-13-33(24(37)38)11-15(18)12-34(21)22(35)14-4-6-17(7-5-14)41(30,39)40/h4-8,10,21H,9,11-13H2,1-3H3,(H,32,36)(H,37,38)(H2,30,39,40). The molecule has 0 fully saturated rings. The third-order valence-electron chi connectivity index (χ3n) is 6.91. The van der Waals surface area contributed by atoms with Gasteiger partial charge in [0.1, 0.15) is 0 Å². The highest BCUT2D eigenvalue weighted by molar-refractivity contribution is 7.89. The van der Waals surface area contributed by atoms with E-state index in [2.05, 4.69) is 10.3 Å². The fourth-order valence-electron chi connectivity index (χ4n) is 4.65.